The molecule has 1 aromatic heterocycles. The average Bonchev–Trinajstić information content (AvgIpc) is 3.27. The van der Waals surface area contributed by atoms with Crippen LogP contribution in [0.2, 0.25) is 0 Å². The number of nitrogens with one attached hydrogen (secondary N) is 1. The minimum absolute atomic E-state index is 0.147. The fraction of sp³-hybridized carbons (Fsp3) is 0.333. The summed E-state index contributed by atoms with van der Waals surface area (Å²) in [6, 6.07) is 13.3. The normalized spacial score (nSPS) is 11.5. The van der Waals surface area contributed by atoms with E-state index in [0.717, 1.165) is 11.1 Å². The molecule has 33 heavy (non-hydrogen) atoms. The van der Waals surface area contributed by atoms with Crippen LogP contribution in [0.5, 0.6) is 0 Å². The van der Waals surface area contributed by atoms with Gasteiger partial charge in [-0.05, 0) is 68.7 Å². The summed E-state index contributed by atoms with van der Waals surface area (Å²) in [5.41, 5.74) is 3.13. The van der Waals surface area contributed by atoms with Crippen molar-refractivity contribution < 1.29 is 27.3 Å². The molecule has 0 spiro atoms. The lowest BCUT2D eigenvalue weighted by Crippen LogP contribution is -2.12. The van der Waals surface area contributed by atoms with Gasteiger partial charge >= 0.3 is 7.60 Å². The number of hydrogen-bond donors (Lipinski definition) is 1. The summed E-state index contributed by atoms with van der Waals surface area (Å²) in [5.74, 6) is 0.0533. The van der Waals surface area contributed by atoms with E-state index < -0.39 is 7.60 Å². The van der Waals surface area contributed by atoms with Crippen LogP contribution >= 0.6 is 7.60 Å². The van der Waals surface area contributed by atoms with Crippen molar-refractivity contribution in [1.29, 1.82) is 0 Å². The molecule has 0 unspecified atom stereocenters. The molecule has 0 aliphatic rings. The summed E-state index contributed by atoms with van der Waals surface area (Å²) in [4.78, 5) is 12.4. The van der Waals surface area contributed by atoms with E-state index in [0.29, 0.717) is 49.2 Å². The van der Waals surface area contributed by atoms with Gasteiger partial charge in [-0.3, -0.25) is 9.36 Å². The molecule has 0 atom stereocenters. The van der Waals surface area contributed by atoms with Crippen LogP contribution < -0.4 is 5.32 Å². The van der Waals surface area contributed by atoms with Gasteiger partial charge < -0.3 is 18.9 Å². The first-order valence-electron chi connectivity index (χ1n) is 10.9. The van der Waals surface area contributed by atoms with Crippen molar-refractivity contribution in [1.82, 2.24) is 5.16 Å². The molecule has 1 N–H and O–H groups in total. The zero-order chi connectivity index (χ0) is 23.7. The Morgan fingerprint density at radius 1 is 1.03 bits per heavy atom. The Hall–Kier alpha value is -2.80. The van der Waals surface area contributed by atoms with Crippen molar-refractivity contribution in [3.05, 3.63) is 71.7 Å². The van der Waals surface area contributed by atoms with E-state index >= 15 is 0 Å². The molecular weight excluding hydrogens is 446 g/mol. The fourth-order valence-corrected chi connectivity index (χ4v) is 4.98. The van der Waals surface area contributed by atoms with Crippen molar-refractivity contribution in [2.45, 2.75) is 33.1 Å². The lowest BCUT2D eigenvalue weighted by Gasteiger charge is -2.16. The van der Waals surface area contributed by atoms with Gasteiger partial charge in [-0.1, -0.05) is 17.3 Å². The highest BCUT2D eigenvalue weighted by atomic mass is 31.2. The van der Waals surface area contributed by atoms with Gasteiger partial charge in [0, 0.05) is 23.2 Å². The van der Waals surface area contributed by atoms with E-state index in [1.54, 1.807) is 32.2 Å². The zero-order valence-electron chi connectivity index (χ0n) is 18.8. The summed E-state index contributed by atoms with van der Waals surface area (Å²) in [7, 11) is -3.08. The average molecular weight is 474 g/mol. The first-order valence-corrected chi connectivity index (χ1v) is 12.6. The third-order valence-corrected chi connectivity index (χ3v) is 7.01. The number of rotatable bonds is 12. The third-order valence-electron chi connectivity index (χ3n) is 4.94. The molecule has 2 aromatic carbocycles. The Bertz CT molecular complexity index is 1070. The lowest BCUT2D eigenvalue weighted by molar-refractivity contribution is -0.116. The largest absolute Gasteiger partial charge is 0.356 e. The van der Waals surface area contributed by atoms with E-state index in [1.807, 2.05) is 24.3 Å². The zero-order valence-corrected chi connectivity index (χ0v) is 19.6. The Kier molecular flexibility index (Phi) is 8.95. The molecule has 0 saturated carbocycles. The predicted molar refractivity (Wildman–Crippen MR) is 125 cm³/mol. The topological polar surface area (TPSA) is 90.7 Å². The Morgan fingerprint density at radius 2 is 1.70 bits per heavy atom. The molecule has 0 fully saturated rings. The number of nitrogens with zero attached hydrogens (tertiary/aromatic N) is 1. The quantitative estimate of drug-likeness (QED) is 0.331. The fourth-order valence-electron chi connectivity index (χ4n) is 3.33. The van der Waals surface area contributed by atoms with Gasteiger partial charge in [-0.15, -0.1) is 0 Å². The van der Waals surface area contributed by atoms with Crippen LogP contribution in [0.25, 0.3) is 11.3 Å². The summed E-state index contributed by atoms with van der Waals surface area (Å²) in [6.45, 7) is 4.25. The van der Waals surface area contributed by atoms with Crippen LogP contribution in [0.15, 0.2) is 59.3 Å². The van der Waals surface area contributed by atoms with Gasteiger partial charge in [-0.2, -0.15) is 0 Å². The van der Waals surface area contributed by atoms with E-state index in [1.165, 1.54) is 12.1 Å². The van der Waals surface area contributed by atoms with Gasteiger partial charge in [-0.25, -0.2) is 4.39 Å². The second-order valence-electron chi connectivity index (χ2n) is 7.35. The summed E-state index contributed by atoms with van der Waals surface area (Å²) in [6.07, 6.45) is 3.10. The number of carbonyl (C=O) groups is 1. The number of aromatic nitrogens is 1. The highest BCUT2D eigenvalue weighted by Crippen LogP contribution is 2.48. The number of anilines is 1. The maximum absolute atomic E-state index is 13.1. The Labute approximate surface area is 192 Å². The van der Waals surface area contributed by atoms with Crippen molar-refractivity contribution >= 4 is 19.2 Å². The standard InChI is InChI=1S/C24H28FN2O5P/c1-3-30-33(29,31-4-2)16-15-18-5-12-22(13-6-18)27-23(28)14-9-20-17-26-32-24(20)19-7-10-21(25)11-8-19/h5-8,10-13,17H,3-4,9,14-16H2,1-2H3,(H,27,28). The molecule has 0 aliphatic heterocycles. The van der Waals surface area contributed by atoms with Gasteiger partial charge in [0.05, 0.1) is 25.6 Å². The van der Waals surface area contributed by atoms with Crippen molar-refractivity contribution in [3.63, 3.8) is 0 Å². The highest BCUT2D eigenvalue weighted by Gasteiger charge is 2.23. The first kappa shape index (κ1) is 24.8. The predicted octanol–water partition coefficient (Wildman–Crippen LogP) is 5.86. The lowest BCUT2D eigenvalue weighted by atomic mass is 10.1. The maximum Gasteiger partial charge on any atom is 0.330 e. The van der Waals surface area contributed by atoms with Crippen molar-refractivity contribution in [2.75, 3.05) is 24.7 Å². The van der Waals surface area contributed by atoms with E-state index in [4.69, 9.17) is 13.6 Å². The van der Waals surface area contributed by atoms with Crippen LogP contribution in [0.1, 0.15) is 31.4 Å². The van der Waals surface area contributed by atoms with Gasteiger partial charge in [0.1, 0.15) is 5.82 Å². The number of halogens is 1. The Balaban J connectivity index is 1.51. The summed E-state index contributed by atoms with van der Waals surface area (Å²) < 4.78 is 41.6. The molecule has 3 aromatic rings. The smallest absolute Gasteiger partial charge is 0.330 e. The molecule has 3 rings (SSSR count). The number of aryl methyl sites for hydroxylation is 2. The third kappa shape index (κ3) is 7.35. The Morgan fingerprint density at radius 3 is 2.33 bits per heavy atom. The summed E-state index contributed by atoms with van der Waals surface area (Å²) >= 11 is 0. The van der Waals surface area contributed by atoms with Gasteiger partial charge in [0.25, 0.3) is 0 Å². The van der Waals surface area contributed by atoms with E-state index in [-0.39, 0.29) is 18.1 Å². The molecular formula is C24H28FN2O5P. The van der Waals surface area contributed by atoms with Crippen LogP contribution in [-0.4, -0.2) is 30.4 Å². The van der Waals surface area contributed by atoms with Crippen LogP contribution in [0, 0.1) is 5.82 Å². The van der Waals surface area contributed by atoms with E-state index in [9.17, 15) is 13.8 Å². The molecule has 0 saturated heterocycles. The first-order chi connectivity index (χ1) is 15.9. The molecule has 9 heteroatoms. The van der Waals surface area contributed by atoms with Crippen molar-refractivity contribution in [3.8, 4) is 11.3 Å². The SMILES string of the molecule is CCOP(=O)(CCc1ccc(NC(=O)CCc2cnoc2-c2ccc(F)cc2)cc1)OCC. The molecule has 0 bridgehead atoms. The van der Waals surface area contributed by atoms with E-state index in [2.05, 4.69) is 10.5 Å². The minimum Gasteiger partial charge on any atom is -0.356 e. The van der Waals surface area contributed by atoms with Crippen LogP contribution in [0.3, 0.4) is 0 Å². The monoisotopic (exact) mass is 474 g/mol. The number of hydrogen-bond acceptors (Lipinski definition) is 6. The van der Waals surface area contributed by atoms with Crippen molar-refractivity contribution in [2.24, 2.45) is 0 Å². The van der Waals surface area contributed by atoms with Gasteiger partial charge in [0.15, 0.2) is 5.76 Å². The molecule has 1 heterocycles. The molecule has 0 aliphatic carbocycles. The summed E-state index contributed by atoms with van der Waals surface area (Å²) in [5, 5.41) is 6.68. The molecule has 176 valence electrons. The molecule has 1 amide bonds. The minimum atomic E-state index is -3.08. The molecule has 7 nitrogen and oxygen atoms in total. The number of carbonyl (C=O) groups excluding carboxylic acids is 1. The second kappa shape index (κ2) is 11.9. The van der Waals surface area contributed by atoms with Crippen LogP contribution in [0.4, 0.5) is 10.1 Å². The number of amides is 1. The number of benzene rings is 2. The highest BCUT2D eigenvalue weighted by molar-refractivity contribution is 7.53. The van der Waals surface area contributed by atoms with Gasteiger partial charge in [0.2, 0.25) is 5.91 Å². The second-order valence-corrected chi connectivity index (χ2v) is 9.54. The molecule has 0 radical (unpaired) electrons. The van der Waals surface area contributed by atoms with Crippen LogP contribution in [-0.2, 0) is 31.2 Å². The maximum atomic E-state index is 13.1.